The quantitative estimate of drug-likeness (QED) is 0.761. The Morgan fingerprint density at radius 1 is 1.06 bits per heavy atom. The van der Waals surface area contributed by atoms with Crippen LogP contribution in [-0.4, -0.2) is 0 Å². The van der Waals surface area contributed by atoms with E-state index >= 15 is 0 Å². The minimum Gasteiger partial charge on any atom is -0.323 e. The number of benzene rings is 1. The summed E-state index contributed by atoms with van der Waals surface area (Å²) in [6, 6.07) is 0.760. The molecule has 0 aliphatic carbocycles. The minimum atomic E-state index is -1.20. The highest BCUT2D eigenvalue weighted by molar-refractivity contribution is 5.85. The predicted molar refractivity (Wildman–Crippen MR) is 59.9 cm³/mol. The highest BCUT2D eigenvalue weighted by Gasteiger charge is 2.29. The van der Waals surface area contributed by atoms with Crippen molar-refractivity contribution in [3.63, 3.8) is 0 Å². The Morgan fingerprint density at radius 3 is 1.94 bits per heavy atom. The lowest BCUT2D eigenvalue weighted by atomic mass is 9.82. The number of rotatable bonds is 1. The lowest BCUT2D eigenvalue weighted by Crippen LogP contribution is -2.28. The van der Waals surface area contributed by atoms with E-state index in [9.17, 15) is 13.2 Å². The van der Waals surface area contributed by atoms with Gasteiger partial charge in [0.2, 0.25) is 0 Å². The molecule has 1 aromatic carbocycles. The van der Waals surface area contributed by atoms with Gasteiger partial charge in [0.05, 0.1) is 0 Å². The van der Waals surface area contributed by atoms with Gasteiger partial charge < -0.3 is 5.73 Å². The van der Waals surface area contributed by atoms with Crippen LogP contribution in [0.3, 0.4) is 0 Å². The Morgan fingerprint density at radius 2 is 1.50 bits per heavy atom. The largest absolute Gasteiger partial charge is 0.323 e. The van der Waals surface area contributed by atoms with E-state index in [1.165, 1.54) is 0 Å². The van der Waals surface area contributed by atoms with Crippen molar-refractivity contribution in [3.8, 4) is 0 Å². The van der Waals surface area contributed by atoms with Crippen LogP contribution in [0.15, 0.2) is 12.1 Å². The van der Waals surface area contributed by atoms with Crippen LogP contribution in [0.1, 0.15) is 32.4 Å². The zero-order valence-electron chi connectivity index (χ0n) is 9.35. The highest BCUT2D eigenvalue weighted by Crippen LogP contribution is 2.33. The van der Waals surface area contributed by atoms with Crippen molar-refractivity contribution in [1.29, 1.82) is 0 Å². The Bertz CT molecular complexity index is 374. The van der Waals surface area contributed by atoms with Crippen LogP contribution in [0.5, 0.6) is 0 Å². The summed E-state index contributed by atoms with van der Waals surface area (Å²) in [6.07, 6.45) is 0. The Balaban J connectivity index is 0.00000225. The summed E-state index contributed by atoms with van der Waals surface area (Å²) in [5.41, 5.74) is 4.78. The van der Waals surface area contributed by atoms with Gasteiger partial charge in [-0.15, -0.1) is 12.4 Å². The molecule has 0 heterocycles. The molecule has 0 bridgehead atoms. The number of hydrogen-bond acceptors (Lipinski definition) is 1. The lowest BCUT2D eigenvalue weighted by molar-refractivity contribution is 0.306. The van der Waals surface area contributed by atoms with E-state index in [1.807, 2.05) is 0 Å². The van der Waals surface area contributed by atoms with E-state index in [4.69, 9.17) is 5.73 Å². The molecule has 0 radical (unpaired) electrons. The van der Waals surface area contributed by atoms with Crippen molar-refractivity contribution in [2.24, 2.45) is 11.1 Å². The van der Waals surface area contributed by atoms with Crippen LogP contribution in [0, 0.1) is 22.9 Å². The standard InChI is InChI=1S/C11H14F3N.ClH/c1-11(2,3)10(15)8-6(12)4-5-7(13)9(8)14;/h4-5,10H,15H2,1-3H3;1H/t10-;/m0./s1. The van der Waals surface area contributed by atoms with Crippen LogP contribution in [0.4, 0.5) is 13.2 Å². The third-order valence-corrected chi connectivity index (χ3v) is 2.32. The molecule has 16 heavy (non-hydrogen) atoms. The second-order valence-electron chi connectivity index (χ2n) is 4.60. The molecule has 0 amide bonds. The lowest BCUT2D eigenvalue weighted by Gasteiger charge is -2.27. The molecular formula is C11H15ClF3N. The van der Waals surface area contributed by atoms with Crippen molar-refractivity contribution in [1.82, 2.24) is 0 Å². The minimum absolute atomic E-state index is 0. The van der Waals surface area contributed by atoms with Gasteiger partial charge in [0.1, 0.15) is 5.82 Å². The van der Waals surface area contributed by atoms with E-state index < -0.39 is 28.9 Å². The zero-order valence-corrected chi connectivity index (χ0v) is 10.2. The fourth-order valence-electron chi connectivity index (χ4n) is 1.26. The van der Waals surface area contributed by atoms with Crippen LogP contribution < -0.4 is 5.73 Å². The van der Waals surface area contributed by atoms with Crippen LogP contribution >= 0.6 is 12.4 Å². The van der Waals surface area contributed by atoms with Crippen molar-refractivity contribution >= 4 is 12.4 Å². The second-order valence-corrected chi connectivity index (χ2v) is 4.60. The SMILES string of the molecule is CC(C)(C)[C@@H](N)c1c(F)ccc(F)c1F.Cl. The summed E-state index contributed by atoms with van der Waals surface area (Å²) < 4.78 is 39.6. The Hall–Kier alpha value is -0.740. The monoisotopic (exact) mass is 253 g/mol. The normalized spacial score (nSPS) is 13.2. The van der Waals surface area contributed by atoms with E-state index in [1.54, 1.807) is 20.8 Å². The second kappa shape index (κ2) is 5.06. The van der Waals surface area contributed by atoms with Gasteiger partial charge in [0.25, 0.3) is 0 Å². The molecular weight excluding hydrogens is 239 g/mol. The third kappa shape index (κ3) is 2.89. The molecule has 1 rings (SSSR count). The van der Waals surface area contributed by atoms with E-state index in [-0.39, 0.29) is 18.0 Å². The molecule has 0 saturated heterocycles. The van der Waals surface area contributed by atoms with Gasteiger partial charge in [0, 0.05) is 11.6 Å². The summed E-state index contributed by atoms with van der Waals surface area (Å²) in [4.78, 5) is 0. The molecule has 1 atom stereocenters. The smallest absolute Gasteiger partial charge is 0.166 e. The maximum Gasteiger partial charge on any atom is 0.166 e. The third-order valence-electron chi connectivity index (χ3n) is 2.32. The first-order chi connectivity index (χ1) is 6.75. The molecule has 0 aromatic heterocycles. The Kier molecular flexibility index (Phi) is 4.83. The van der Waals surface area contributed by atoms with Crippen molar-refractivity contribution < 1.29 is 13.2 Å². The average molecular weight is 254 g/mol. The molecule has 0 fully saturated rings. The van der Waals surface area contributed by atoms with Gasteiger partial charge in [-0.25, -0.2) is 13.2 Å². The topological polar surface area (TPSA) is 26.0 Å². The number of nitrogens with two attached hydrogens (primary N) is 1. The maximum atomic E-state index is 13.3. The molecule has 5 heteroatoms. The molecule has 2 N–H and O–H groups in total. The van der Waals surface area contributed by atoms with Gasteiger partial charge in [0.15, 0.2) is 11.6 Å². The van der Waals surface area contributed by atoms with Gasteiger partial charge in [-0.3, -0.25) is 0 Å². The fourth-order valence-corrected chi connectivity index (χ4v) is 1.26. The number of halogens is 4. The van der Waals surface area contributed by atoms with Crippen LogP contribution in [-0.2, 0) is 0 Å². The predicted octanol–water partition coefficient (Wildman–Crippen LogP) is 3.57. The van der Waals surface area contributed by atoms with Crippen molar-refractivity contribution in [3.05, 3.63) is 35.1 Å². The first-order valence-corrected chi connectivity index (χ1v) is 4.64. The van der Waals surface area contributed by atoms with E-state index in [0.717, 1.165) is 12.1 Å². The molecule has 1 aromatic rings. The first kappa shape index (κ1) is 15.3. The van der Waals surface area contributed by atoms with Gasteiger partial charge in [-0.2, -0.15) is 0 Å². The van der Waals surface area contributed by atoms with Gasteiger partial charge in [-0.1, -0.05) is 20.8 Å². The van der Waals surface area contributed by atoms with Crippen molar-refractivity contribution in [2.75, 3.05) is 0 Å². The summed E-state index contributed by atoms with van der Waals surface area (Å²) in [7, 11) is 0. The molecule has 0 aliphatic rings. The molecule has 0 spiro atoms. The summed E-state index contributed by atoms with van der Waals surface area (Å²) in [5, 5.41) is 0. The summed E-state index contributed by atoms with van der Waals surface area (Å²) in [6.45, 7) is 5.21. The molecule has 92 valence electrons. The van der Waals surface area contributed by atoms with Gasteiger partial charge in [-0.05, 0) is 17.5 Å². The molecule has 1 nitrogen and oxygen atoms in total. The van der Waals surface area contributed by atoms with Crippen molar-refractivity contribution in [2.45, 2.75) is 26.8 Å². The number of hydrogen-bond donors (Lipinski definition) is 1. The molecule has 0 saturated carbocycles. The first-order valence-electron chi connectivity index (χ1n) is 4.64. The average Bonchev–Trinajstić information content (AvgIpc) is 2.10. The summed E-state index contributed by atoms with van der Waals surface area (Å²) in [5.74, 6) is -3.08. The fraction of sp³-hybridized carbons (Fsp3) is 0.455. The van der Waals surface area contributed by atoms with Crippen LogP contribution in [0.2, 0.25) is 0 Å². The highest BCUT2D eigenvalue weighted by atomic mass is 35.5. The van der Waals surface area contributed by atoms with Gasteiger partial charge >= 0.3 is 0 Å². The van der Waals surface area contributed by atoms with E-state index in [2.05, 4.69) is 0 Å². The molecule has 0 aliphatic heterocycles. The zero-order chi connectivity index (χ0) is 11.8. The van der Waals surface area contributed by atoms with E-state index in [0.29, 0.717) is 0 Å². The Labute approximate surface area is 99.2 Å². The summed E-state index contributed by atoms with van der Waals surface area (Å²) >= 11 is 0. The molecule has 0 unspecified atom stereocenters. The maximum absolute atomic E-state index is 13.3. The van der Waals surface area contributed by atoms with Crippen LogP contribution in [0.25, 0.3) is 0 Å².